The predicted octanol–water partition coefficient (Wildman–Crippen LogP) is 11.9. The molecule has 4 nitrogen and oxygen atoms in total. The Morgan fingerprint density at radius 1 is 0.578 bits per heavy atom. The van der Waals surface area contributed by atoms with Crippen LogP contribution >= 0.6 is 15.9 Å². The Balaban J connectivity index is 1.82. The van der Waals surface area contributed by atoms with Crippen LogP contribution in [0.5, 0.6) is 0 Å². The molecule has 5 heterocycles. The average molecular weight is 662 g/mol. The first-order chi connectivity index (χ1) is 21.6. The normalized spacial score (nSPS) is 13.4. The number of benzene rings is 1. The number of aryl methyl sites for hydroxylation is 4. The van der Waals surface area contributed by atoms with E-state index in [9.17, 15) is 0 Å². The van der Waals surface area contributed by atoms with Gasteiger partial charge in [0.25, 0.3) is 0 Å². The summed E-state index contributed by atoms with van der Waals surface area (Å²) in [5.74, 6) is 0. The van der Waals surface area contributed by atoms with E-state index in [1.165, 1.54) is 68.4 Å². The highest BCUT2D eigenvalue weighted by Gasteiger charge is 2.24. The highest BCUT2D eigenvalue weighted by molar-refractivity contribution is 9.10. The van der Waals surface area contributed by atoms with Gasteiger partial charge < -0.3 is 9.97 Å². The predicted molar refractivity (Wildman–Crippen MR) is 197 cm³/mol. The Bertz CT molecular complexity index is 1910. The van der Waals surface area contributed by atoms with Crippen molar-refractivity contribution in [3.8, 4) is 11.1 Å². The lowest BCUT2D eigenvalue weighted by molar-refractivity contribution is 0.796. The van der Waals surface area contributed by atoms with Gasteiger partial charge in [0.15, 0.2) is 0 Å². The number of allylic oxidation sites excluding steroid dienone is 4. The Kier molecular flexibility index (Phi) is 8.76. The maximum absolute atomic E-state index is 5.37. The molecule has 3 aromatic heterocycles. The van der Waals surface area contributed by atoms with Crippen LogP contribution in [0.25, 0.3) is 55.5 Å². The van der Waals surface area contributed by atoms with Crippen molar-refractivity contribution in [1.29, 1.82) is 0 Å². The van der Waals surface area contributed by atoms with Crippen LogP contribution in [-0.4, -0.2) is 19.9 Å². The zero-order valence-electron chi connectivity index (χ0n) is 28.1. The minimum absolute atomic E-state index is 1.00. The SMILES string of the molecule is CCCCc1c(C)c2cc3nc(c(-c4ccc(Br)cc4)c4nc(cc5[nH]c(cc1[nH]2)c(CCCC)c5C)C(C)=C4C)C(C)=C3C. The molecular weight excluding hydrogens is 616 g/mol. The molecule has 0 fully saturated rings. The largest absolute Gasteiger partial charge is 0.355 e. The lowest BCUT2D eigenvalue weighted by Gasteiger charge is -2.10. The summed E-state index contributed by atoms with van der Waals surface area (Å²) in [7, 11) is 0. The van der Waals surface area contributed by atoms with E-state index in [2.05, 4.69) is 124 Å². The van der Waals surface area contributed by atoms with E-state index in [1.54, 1.807) is 0 Å². The molecule has 0 saturated carbocycles. The zero-order valence-corrected chi connectivity index (χ0v) is 29.6. The smallest absolute Gasteiger partial charge is 0.0769 e. The number of nitrogens with one attached hydrogen (secondary N) is 2. The van der Waals surface area contributed by atoms with E-state index >= 15 is 0 Å². The number of hydrogen-bond donors (Lipinski definition) is 2. The number of aromatic nitrogens is 4. The minimum atomic E-state index is 1.00. The third kappa shape index (κ3) is 5.65. The van der Waals surface area contributed by atoms with Gasteiger partial charge in [-0.2, -0.15) is 0 Å². The number of hydrogen-bond acceptors (Lipinski definition) is 2. The average Bonchev–Trinajstić information content (AvgIpc) is 3.67. The molecule has 0 unspecified atom stereocenters. The summed E-state index contributed by atoms with van der Waals surface area (Å²) >= 11 is 3.64. The number of rotatable bonds is 7. The number of halogens is 1. The number of unbranched alkanes of at least 4 members (excludes halogenated alkanes) is 2. The van der Waals surface area contributed by atoms with E-state index in [4.69, 9.17) is 9.97 Å². The number of nitrogens with zero attached hydrogens (tertiary/aromatic N) is 2. The Labute approximate surface area is 276 Å². The fourth-order valence-electron chi connectivity index (χ4n) is 6.75. The number of fused-ring (bicyclic) bond motifs is 8. The van der Waals surface area contributed by atoms with Gasteiger partial charge in [-0.25, -0.2) is 9.97 Å². The van der Waals surface area contributed by atoms with Gasteiger partial charge in [0.05, 0.1) is 22.8 Å². The molecule has 0 amide bonds. The zero-order chi connectivity index (χ0) is 32.0. The van der Waals surface area contributed by atoms with Crippen LogP contribution in [0.15, 0.2) is 46.9 Å². The molecule has 0 aliphatic carbocycles. The maximum Gasteiger partial charge on any atom is 0.0769 e. The molecule has 232 valence electrons. The van der Waals surface area contributed by atoms with Crippen LogP contribution < -0.4 is 0 Å². The quantitative estimate of drug-likeness (QED) is 0.207. The van der Waals surface area contributed by atoms with Gasteiger partial charge >= 0.3 is 0 Å². The van der Waals surface area contributed by atoms with Gasteiger partial charge in [-0.1, -0.05) is 54.8 Å². The number of aromatic amines is 2. The van der Waals surface area contributed by atoms with E-state index in [0.717, 1.165) is 75.1 Å². The van der Waals surface area contributed by atoms with Crippen molar-refractivity contribution in [3.63, 3.8) is 0 Å². The first-order valence-corrected chi connectivity index (χ1v) is 17.3. The highest BCUT2D eigenvalue weighted by atomic mass is 79.9. The van der Waals surface area contributed by atoms with Gasteiger partial charge in [-0.15, -0.1) is 0 Å². The lowest BCUT2D eigenvalue weighted by atomic mass is 9.95. The Hall–Kier alpha value is -3.70. The van der Waals surface area contributed by atoms with E-state index < -0.39 is 0 Å². The molecule has 2 aliphatic rings. The molecule has 0 spiro atoms. The van der Waals surface area contributed by atoms with E-state index in [1.807, 2.05) is 0 Å². The third-order valence-electron chi connectivity index (χ3n) is 9.99. The Morgan fingerprint density at radius 3 is 1.44 bits per heavy atom. The van der Waals surface area contributed by atoms with Gasteiger partial charge in [-0.05, 0) is 148 Å². The summed E-state index contributed by atoms with van der Waals surface area (Å²) in [4.78, 5) is 18.4. The van der Waals surface area contributed by atoms with Crippen molar-refractivity contribution < 1.29 is 0 Å². The summed E-state index contributed by atoms with van der Waals surface area (Å²) in [5, 5.41) is 0. The molecule has 6 rings (SSSR count). The van der Waals surface area contributed by atoms with Gasteiger partial charge in [0, 0.05) is 32.1 Å². The second-order valence-electron chi connectivity index (χ2n) is 12.8. The van der Waals surface area contributed by atoms with Crippen molar-refractivity contribution in [1.82, 2.24) is 19.9 Å². The Morgan fingerprint density at radius 2 is 1.02 bits per heavy atom. The monoisotopic (exact) mass is 660 g/mol. The summed E-state index contributed by atoms with van der Waals surface area (Å²) < 4.78 is 1.06. The van der Waals surface area contributed by atoms with E-state index in [0.29, 0.717) is 0 Å². The second-order valence-corrected chi connectivity index (χ2v) is 13.7. The minimum Gasteiger partial charge on any atom is -0.355 e. The van der Waals surface area contributed by atoms with Crippen LogP contribution in [-0.2, 0) is 12.8 Å². The van der Waals surface area contributed by atoms with E-state index in [-0.39, 0.29) is 0 Å². The number of H-pyrrole nitrogens is 2. The molecule has 0 saturated heterocycles. The van der Waals surface area contributed by atoms with Crippen LogP contribution in [0.3, 0.4) is 0 Å². The van der Waals surface area contributed by atoms with Gasteiger partial charge in [0.2, 0.25) is 0 Å². The fourth-order valence-corrected chi connectivity index (χ4v) is 7.01. The van der Waals surface area contributed by atoms with Crippen molar-refractivity contribution in [2.24, 2.45) is 0 Å². The molecule has 45 heavy (non-hydrogen) atoms. The van der Waals surface area contributed by atoms with Gasteiger partial charge in [0.1, 0.15) is 0 Å². The molecular formula is C40H45BrN4. The molecule has 1 aromatic carbocycles. The molecule has 0 radical (unpaired) electrons. The summed E-state index contributed by atoms with van der Waals surface area (Å²) in [6, 6.07) is 15.5. The van der Waals surface area contributed by atoms with Crippen molar-refractivity contribution in [2.75, 3.05) is 0 Å². The van der Waals surface area contributed by atoms with Crippen LogP contribution in [0.2, 0.25) is 0 Å². The summed E-state index contributed by atoms with van der Waals surface area (Å²) in [6.07, 6.45) is 6.77. The topological polar surface area (TPSA) is 57.4 Å². The van der Waals surface area contributed by atoms with Crippen LogP contribution in [0.1, 0.15) is 112 Å². The molecule has 5 heteroatoms. The first-order valence-electron chi connectivity index (χ1n) is 16.5. The summed E-state index contributed by atoms with van der Waals surface area (Å²) in [6.45, 7) is 17.9. The van der Waals surface area contributed by atoms with Crippen molar-refractivity contribution >= 4 is 60.3 Å². The van der Waals surface area contributed by atoms with Crippen molar-refractivity contribution in [3.05, 3.63) is 92.0 Å². The second kappa shape index (κ2) is 12.6. The highest BCUT2D eigenvalue weighted by Crippen LogP contribution is 2.42. The van der Waals surface area contributed by atoms with Crippen LogP contribution in [0.4, 0.5) is 0 Å². The third-order valence-corrected chi connectivity index (χ3v) is 10.5. The fraction of sp³-hybridized carbons (Fsp3) is 0.350. The molecule has 2 aliphatic heterocycles. The maximum atomic E-state index is 5.37. The first kappa shape index (κ1) is 31.3. The molecule has 8 bridgehead atoms. The van der Waals surface area contributed by atoms with Crippen molar-refractivity contribution in [2.45, 2.75) is 93.9 Å². The standard InChI is InChI=1S/C40H45BrN4/c1-9-11-13-30-26(7)34-19-32-22(3)24(5)39(44-32)38(28-15-17-29(41)18-16-28)40-25(6)23(4)33(45-40)20-35-27(8)31(14-12-10-2)37(43-35)21-36(30)42-34/h15-21,42-43H,9-14H2,1-8H3. The van der Waals surface area contributed by atoms with Crippen LogP contribution in [0, 0.1) is 13.8 Å². The molecule has 0 atom stereocenters. The molecule has 4 aromatic rings. The molecule has 2 N–H and O–H groups in total. The summed E-state index contributed by atoms with van der Waals surface area (Å²) in [5.41, 5.74) is 21.2. The lowest BCUT2D eigenvalue weighted by Crippen LogP contribution is -1.93. The van der Waals surface area contributed by atoms with Gasteiger partial charge in [-0.3, -0.25) is 0 Å².